The highest BCUT2D eigenvalue weighted by Crippen LogP contribution is 2.42. The van der Waals surface area contributed by atoms with Gasteiger partial charge in [-0.15, -0.1) is 0 Å². The van der Waals surface area contributed by atoms with Crippen LogP contribution in [-0.2, 0) is 38.1 Å². The van der Waals surface area contributed by atoms with Gasteiger partial charge in [0.15, 0.2) is 5.79 Å². The fourth-order valence-electron chi connectivity index (χ4n) is 7.00. The third-order valence-corrected chi connectivity index (χ3v) is 10.1. The van der Waals surface area contributed by atoms with Gasteiger partial charge in [-0.3, -0.25) is 0 Å². The topological polar surface area (TPSA) is 178 Å². The Kier molecular flexibility index (Phi) is 16.8. The molecule has 2 rings (SSSR count). The monoisotopic (exact) mass is 720 g/mol. The minimum Gasteiger partial charge on any atom is -0.490 e. The Balaban J connectivity index is 2.55. The van der Waals surface area contributed by atoms with Crippen molar-refractivity contribution in [3.05, 3.63) is 59.4 Å². The Morgan fingerprint density at radius 3 is 2.27 bits per heavy atom. The highest BCUT2D eigenvalue weighted by molar-refractivity contribution is 5.90. The van der Waals surface area contributed by atoms with Crippen molar-refractivity contribution in [3.63, 3.8) is 0 Å². The van der Waals surface area contributed by atoms with E-state index in [9.17, 15) is 29.7 Å². The normalized spacial score (nSPS) is 37.1. The summed E-state index contributed by atoms with van der Waals surface area (Å²) in [5.41, 5.74) is 1.70. The summed E-state index contributed by atoms with van der Waals surface area (Å²) in [5, 5.41) is 43.8. The number of ether oxygens (including phenoxy) is 5. The summed E-state index contributed by atoms with van der Waals surface area (Å²) in [6.07, 6.45) is 5.37. The molecule has 0 spiro atoms. The Morgan fingerprint density at radius 1 is 1.06 bits per heavy atom. The van der Waals surface area contributed by atoms with Crippen LogP contribution < -0.4 is 0 Å². The van der Waals surface area contributed by atoms with Crippen LogP contribution in [0.1, 0.15) is 75.2 Å². The van der Waals surface area contributed by atoms with Gasteiger partial charge in [0.1, 0.15) is 18.3 Å². The van der Waals surface area contributed by atoms with E-state index in [-0.39, 0.29) is 35.9 Å². The Hall–Kier alpha value is -3.29. The predicted octanol–water partition coefficient (Wildman–Crippen LogP) is 4.88. The molecule has 288 valence electrons. The number of aliphatic carboxylic acids is 1. The lowest BCUT2D eigenvalue weighted by molar-refractivity contribution is -0.329. The van der Waals surface area contributed by atoms with E-state index in [1.165, 1.54) is 20.3 Å². The number of carboxylic acids is 1. The van der Waals surface area contributed by atoms with Gasteiger partial charge in [0.25, 0.3) is 0 Å². The van der Waals surface area contributed by atoms with Crippen molar-refractivity contribution in [1.29, 1.82) is 0 Å². The first-order valence-corrected chi connectivity index (χ1v) is 17.7. The van der Waals surface area contributed by atoms with Crippen LogP contribution in [0.3, 0.4) is 0 Å². The smallest absolute Gasteiger partial charge is 0.373 e. The number of aliphatic hydroxyl groups excluding tert-OH is 2. The predicted molar refractivity (Wildman–Crippen MR) is 191 cm³/mol. The molecule has 0 radical (unpaired) electrons. The molecular formula is C39H60O12. The zero-order valence-electron chi connectivity index (χ0n) is 31.9. The molecule has 0 aliphatic carbocycles. The number of hydrogen-bond donors (Lipinski definition) is 4. The molecule has 2 aliphatic heterocycles. The van der Waals surface area contributed by atoms with E-state index in [1.54, 1.807) is 32.9 Å². The number of carbonyl (C=O) groups excluding carboxylic acids is 2. The average molecular weight is 721 g/mol. The third-order valence-electron chi connectivity index (χ3n) is 10.1. The van der Waals surface area contributed by atoms with Crippen LogP contribution in [0.4, 0.5) is 0 Å². The standard InChI is InChI=1S/C39H60O12/c1-21(2)36-26(7)31(49-33(42)16-15-32(40)41)20-39(46,51-36)28(9)35(44)27(8)37-29(47-10)14-12-13-22(3)17-24(5)34(43)25(6)18-23(4)19-30(48-11)38(45)50-37/h12-16,18-19,21,24-29,31,34-37,43-44,46H,17,20H2,1-11H3,(H,40,41)/b14-12+,16-15+,22-13+,23-18+,30-19-/t24-,25+,26+,27-,28+,29+,31+,34-,35+,36+,37+,39+/m1/s1. The maximum absolute atomic E-state index is 13.6. The van der Waals surface area contributed by atoms with Gasteiger partial charge in [-0.1, -0.05) is 83.9 Å². The van der Waals surface area contributed by atoms with E-state index < -0.39 is 72.2 Å². The molecule has 12 atom stereocenters. The van der Waals surface area contributed by atoms with Crippen LogP contribution >= 0.6 is 0 Å². The molecule has 0 unspecified atom stereocenters. The number of rotatable bonds is 10. The molecule has 12 heteroatoms. The van der Waals surface area contributed by atoms with E-state index in [0.29, 0.717) is 18.1 Å². The third kappa shape index (κ3) is 12.1. The molecule has 4 N–H and O–H groups in total. The molecular weight excluding hydrogens is 660 g/mol. The van der Waals surface area contributed by atoms with Crippen LogP contribution in [0.15, 0.2) is 59.4 Å². The molecule has 0 aromatic rings. The summed E-state index contributed by atoms with van der Waals surface area (Å²) in [7, 11) is 2.80. The van der Waals surface area contributed by atoms with Gasteiger partial charge in [0.05, 0.1) is 25.4 Å². The van der Waals surface area contributed by atoms with Crippen molar-refractivity contribution in [2.75, 3.05) is 14.2 Å². The van der Waals surface area contributed by atoms with Crippen LogP contribution in [0.25, 0.3) is 0 Å². The largest absolute Gasteiger partial charge is 0.490 e. The summed E-state index contributed by atoms with van der Waals surface area (Å²) in [4.78, 5) is 37.1. The summed E-state index contributed by atoms with van der Waals surface area (Å²) in [5.74, 6) is -7.68. The number of cyclic esters (lactones) is 1. The quantitative estimate of drug-likeness (QED) is 0.178. The van der Waals surface area contributed by atoms with Crippen molar-refractivity contribution >= 4 is 17.9 Å². The second-order valence-electron chi connectivity index (χ2n) is 14.6. The molecule has 0 amide bonds. The Morgan fingerprint density at radius 2 is 1.71 bits per heavy atom. The minimum atomic E-state index is -1.99. The molecule has 0 aromatic carbocycles. The fourth-order valence-corrected chi connectivity index (χ4v) is 7.00. The molecule has 51 heavy (non-hydrogen) atoms. The lowest BCUT2D eigenvalue weighted by atomic mass is 9.76. The molecule has 1 fully saturated rings. The van der Waals surface area contributed by atoms with Crippen molar-refractivity contribution in [2.24, 2.45) is 35.5 Å². The summed E-state index contributed by atoms with van der Waals surface area (Å²) in [6.45, 7) is 16.5. The van der Waals surface area contributed by atoms with Crippen molar-refractivity contribution in [3.8, 4) is 0 Å². The van der Waals surface area contributed by atoms with Crippen LogP contribution in [0.5, 0.6) is 0 Å². The molecule has 1 saturated heterocycles. The van der Waals surface area contributed by atoms with Gasteiger partial charge in [0, 0.05) is 49.4 Å². The Bertz CT molecular complexity index is 1350. The van der Waals surface area contributed by atoms with Gasteiger partial charge < -0.3 is 44.1 Å². The lowest BCUT2D eigenvalue weighted by Gasteiger charge is -2.50. The van der Waals surface area contributed by atoms with Gasteiger partial charge in [-0.25, -0.2) is 14.4 Å². The lowest BCUT2D eigenvalue weighted by Crippen LogP contribution is -2.59. The van der Waals surface area contributed by atoms with Gasteiger partial charge in [-0.2, -0.15) is 0 Å². The average Bonchev–Trinajstić information content (AvgIpc) is 3.06. The SMILES string of the molecule is CO/C1=C\C(C)=C\[C@H](C)[C@H](O)[C@H](C)C/C(C)=C/C=C/[C@H](OC)[C@H]([C@H](C)[C@H](O)[C@H](C)[C@]2(O)C[C@H](OC(=O)/C=C/C(=O)O)[C@H](C)[C@H](C(C)C)O2)OC1=O. The first kappa shape index (κ1) is 43.9. The molecule has 2 aliphatic rings. The number of esters is 2. The summed E-state index contributed by atoms with van der Waals surface area (Å²) >= 11 is 0. The van der Waals surface area contributed by atoms with E-state index in [1.807, 2.05) is 53.7 Å². The van der Waals surface area contributed by atoms with Crippen molar-refractivity contribution in [1.82, 2.24) is 0 Å². The zero-order chi connectivity index (χ0) is 38.8. The first-order chi connectivity index (χ1) is 23.8. The van der Waals surface area contributed by atoms with Crippen LogP contribution in [0.2, 0.25) is 0 Å². The van der Waals surface area contributed by atoms with Gasteiger partial charge in [0.2, 0.25) is 5.76 Å². The Labute approximate surface area is 302 Å². The number of hydrogen-bond acceptors (Lipinski definition) is 11. The van der Waals surface area contributed by atoms with Crippen molar-refractivity contribution in [2.45, 2.75) is 118 Å². The second-order valence-corrected chi connectivity index (χ2v) is 14.6. The maximum Gasteiger partial charge on any atom is 0.373 e. The van der Waals surface area contributed by atoms with E-state index in [4.69, 9.17) is 28.8 Å². The van der Waals surface area contributed by atoms with Crippen LogP contribution in [0, 0.1) is 35.5 Å². The molecule has 0 bridgehead atoms. The zero-order valence-corrected chi connectivity index (χ0v) is 31.9. The first-order valence-electron chi connectivity index (χ1n) is 17.7. The molecule has 0 saturated carbocycles. The van der Waals surface area contributed by atoms with Crippen LogP contribution in [-0.4, -0.2) is 95.0 Å². The van der Waals surface area contributed by atoms with E-state index >= 15 is 0 Å². The number of aliphatic hydroxyl groups is 3. The second kappa shape index (κ2) is 19.5. The van der Waals surface area contributed by atoms with E-state index in [0.717, 1.165) is 11.6 Å². The number of carbonyl (C=O) groups is 3. The number of methoxy groups -OCH3 is 2. The molecule has 12 nitrogen and oxygen atoms in total. The minimum absolute atomic E-state index is 0.0458. The van der Waals surface area contributed by atoms with Crippen molar-refractivity contribution < 1.29 is 58.5 Å². The molecule has 0 aromatic heterocycles. The highest BCUT2D eigenvalue weighted by atomic mass is 16.6. The van der Waals surface area contributed by atoms with Gasteiger partial charge in [-0.05, 0) is 38.2 Å². The highest BCUT2D eigenvalue weighted by Gasteiger charge is 2.53. The summed E-state index contributed by atoms with van der Waals surface area (Å²) in [6, 6.07) is 0. The number of allylic oxidation sites excluding steroid dienone is 5. The number of carboxylic acid groups (broad SMARTS) is 1. The van der Waals surface area contributed by atoms with E-state index in [2.05, 4.69) is 0 Å². The molecule has 2 heterocycles. The van der Waals surface area contributed by atoms with Gasteiger partial charge >= 0.3 is 17.9 Å². The fraction of sp³-hybridized carbons (Fsp3) is 0.667. The summed E-state index contributed by atoms with van der Waals surface area (Å²) < 4.78 is 29.1. The maximum atomic E-state index is 13.6.